The van der Waals surface area contributed by atoms with Crippen LogP contribution < -0.4 is 0 Å². The lowest BCUT2D eigenvalue weighted by Gasteiger charge is -2.59. The van der Waals surface area contributed by atoms with Crippen LogP contribution in [0, 0.1) is 5.92 Å². The van der Waals surface area contributed by atoms with Crippen molar-refractivity contribution in [3.63, 3.8) is 0 Å². The van der Waals surface area contributed by atoms with E-state index in [2.05, 4.69) is 22.8 Å². The number of nitrogens with zero attached hydrogens (tertiary/aromatic N) is 2. The Kier molecular flexibility index (Phi) is 2.64. The second-order valence-corrected chi connectivity index (χ2v) is 6.94. The van der Waals surface area contributed by atoms with Crippen molar-refractivity contribution in [3.8, 4) is 0 Å². The van der Waals surface area contributed by atoms with E-state index in [-0.39, 0.29) is 0 Å². The van der Waals surface area contributed by atoms with Gasteiger partial charge in [-0.1, -0.05) is 13.0 Å². The first-order chi connectivity index (χ1) is 9.24. The fourth-order valence-electron chi connectivity index (χ4n) is 4.92. The topological polar surface area (TPSA) is 23.6 Å². The molecule has 4 aliphatic heterocycles. The van der Waals surface area contributed by atoms with Gasteiger partial charge in [0.15, 0.2) is 0 Å². The van der Waals surface area contributed by atoms with Gasteiger partial charge in [0.05, 0.1) is 0 Å². The number of fused-ring (bicyclic) bond motifs is 2. The summed E-state index contributed by atoms with van der Waals surface area (Å²) in [4.78, 5) is 17.2. The van der Waals surface area contributed by atoms with Crippen LogP contribution in [0.25, 0.3) is 0 Å². The molecule has 4 aliphatic rings. The van der Waals surface area contributed by atoms with E-state index in [4.69, 9.17) is 0 Å². The minimum atomic E-state index is 0.393. The average molecular weight is 260 g/mol. The van der Waals surface area contributed by atoms with Gasteiger partial charge in [0.2, 0.25) is 5.91 Å². The molecule has 4 atom stereocenters. The summed E-state index contributed by atoms with van der Waals surface area (Å²) in [5.41, 5.74) is 1.54. The van der Waals surface area contributed by atoms with E-state index in [1.54, 1.807) is 0 Å². The molecular weight excluding hydrogens is 236 g/mol. The van der Waals surface area contributed by atoms with Gasteiger partial charge < -0.3 is 9.80 Å². The molecule has 0 unspecified atom stereocenters. The standard InChI is InChI=1S/C16H24N2O/c1-11-8-12-4-2-6-15-17(12)14(9-11)10-13-5-3-7-16(19)18(13)15/h4,11,13-15H,2-3,5-10H2,1H3/t11-,13+,14+,15-/m0/s1. The number of hydrogen-bond acceptors (Lipinski definition) is 2. The van der Waals surface area contributed by atoms with Crippen molar-refractivity contribution in [2.24, 2.45) is 5.92 Å². The summed E-state index contributed by atoms with van der Waals surface area (Å²) < 4.78 is 0. The zero-order chi connectivity index (χ0) is 13.0. The third kappa shape index (κ3) is 1.73. The van der Waals surface area contributed by atoms with E-state index in [0.29, 0.717) is 24.2 Å². The maximum atomic E-state index is 12.3. The fraction of sp³-hybridized carbons (Fsp3) is 0.812. The van der Waals surface area contributed by atoms with Crippen molar-refractivity contribution in [2.45, 2.75) is 76.5 Å². The molecule has 0 bridgehead atoms. The summed E-state index contributed by atoms with van der Waals surface area (Å²) in [5.74, 6) is 1.23. The lowest BCUT2D eigenvalue weighted by molar-refractivity contribution is -0.156. The Morgan fingerprint density at radius 1 is 1.16 bits per heavy atom. The van der Waals surface area contributed by atoms with Crippen LogP contribution >= 0.6 is 0 Å². The second-order valence-electron chi connectivity index (χ2n) is 6.94. The molecule has 1 amide bonds. The Morgan fingerprint density at radius 2 is 2.05 bits per heavy atom. The van der Waals surface area contributed by atoms with E-state index in [0.717, 1.165) is 31.6 Å². The summed E-state index contributed by atoms with van der Waals surface area (Å²) in [6.07, 6.45) is 12.0. The monoisotopic (exact) mass is 260 g/mol. The number of carbonyl (C=O) groups is 1. The highest BCUT2D eigenvalue weighted by Crippen LogP contribution is 2.44. The van der Waals surface area contributed by atoms with Gasteiger partial charge in [-0.05, 0) is 50.9 Å². The van der Waals surface area contributed by atoms with Crippen LogP contribution in [-0.2, 0) is 4.79 Å². The maximum absolute atomic E-state index is 12.3. The van der Waals surface area contributed by atoms with Crippen molar-refractivity contribution in [1.82, 2.24) is 9.80 Å². The predicted molar refractivity (Wildman–Crippen MR) is 74.2 cm³/mol. The molecule has 4 heterocycles. The molecular formula is C16H24N2O. The van der Waals surface area contributed by atoms with Gasteiger partial charge in [-0.3, -0.25) is 4.79 Å². The predicted octanol–water partition coefficient (Wildman–Crippen LogP) is 2.88. The fourth-order valence-corrected chi connectivity index (χ4v) is 4.92. The van der Waals surface area contributed by atoms with Crippen molar-refractivity contribution in [3.05, 3.63) is 11.8 Å². The summed E-state index contributed by atoms with van der Waals surface area (Å²) >= 11 is 0. The Labute approximate surface area is 115 Å². The Hall–Kier alpha value is -0.990. The summed E-state index contributed by atoms with van der Waals surface area (Å²) in [6.45, 7) is 2.39. The van der Waals surface area contributed by atoms with Gasteiger partial charge in [0, 0.05) is 24.2 Å². The van der Waals surface area contributed by atoms with Gasteiger partial charge in [-0.25, -0.2) is 0 Å². The normalized spacial score (nSPS) is 41.5. The van der Waals surface area contributed by atoms with E-state index >= 15 is 0 Å². The minimum absolute atomic E-state index is 0.393. The van der Waals surface area contributed by atoms with Crippen LogP contribution in [-0.4, -0.2) is 34.0 Å². The smallest absolute Gasteiger partial charge is 0.224 e. The largest absolute Gasteiger partial charge is 0.352 e. The quantitative estimate of drug-likeness (QED) is 0.668. The van der Waals surface area contributed by atoms with Crippen molar-refractivity contribution < 1.29 is 4.79 Å². The number of hydrogen-bond donors (Lipinski definition) is 0. The van der Waals surface area contributed by atoms with Crippen LogP contribution in [0.3, 0.4) is 0 Å². The van der Waals surface area contributed by atoms with E-state index in [9.17, 15) is 4.79 Å². The van der Waals surface area contributed by atoms with Crippen LogP contribution in [0.5, 0.6) is 0 Å². The molecule has 0 saturated carbocycles. The van der Waals surface area contributed by atoms with Crippen LogP contribution in [0.4, 0.5) is 0 Å². The molecule has 104 valence electrons. The van der Waals surface area contributed by atoms with Crippen molar-refractivity contribution in [1.29, 1.82) is 0 Å². The lowest BCUT2D eigenvalue weighted by Crippen LogP contribution is -2.66. The first-order valence-corrected chi connectivity index (χ1v) is 8.02. The Balaban J connectivity index is 1.70. The third-order valence-corrected chi connectivity index (χ3v) is 5.56. The molecule has 0 spiro atoms. The number of allylic oxidation sites excluding steroid dienone is 2. The summed E-state index contributed by atoms with van der Waals surface area (Å²) in [5, 5.41) is 0. The zero-order valence-electron chi connectivity index (χ0n) is 11.8. The van der Waals surface area contributed by atoms with Crippen LogP contribution in [0.15, 0.2) is 11.8 Å². The molecule has 19 heavy (non-hydrogen) atoms. The van der Waals surface area contributed by atoms with Gasteiger partial charge >= 0.3 is 0 Å². The highest BCUT2D eigenvalue weighted by Gasteiger charge is 2.47. The molecule has 0 aromatic carbocycles. The van der Waals surface area contributed by atoms with E-state index in [1.165, 1.54) is 31.4 Å². The molecule has 0 aromatic rings. The number of piperidine rings is 2. The Bertz CT molecular complexity index is 430. The zero-order valence-corrected chi connectivity index (χ0v) is 11.8. The highest BCUT2D eigenvalue weighted by molar-refractivity contribution is 5.77. The maximum Gasteiger partial charge on any atom is 0.224 e. The highest BCUT2D eigenvalue weighted by atomic mass is 16.2. The minimum Gasteiger partial charge on any atom is -0.352 e. The van der Waals surface area contributed by atoms with Gasteiger partial charge in [-0.15, -0.1) is 0 Å². The van der Waals surface area contributed by atoms with Crippen molar-refractivity contribution >= 4 is 5.91 Å². The Morgan fingerprint density at radius 3 is 2.95 bits per heavy atom. The van der Waals surface area contributed by atoms with Crippen molar-refractivity contribution in [2.75, 3.05) is 0 Å². The molecule has 0 N–H and O–H groups in total. The average Bonchev–Trinajstić information content (AvgIpc) is 2.38. The molecule has 3 heteroatoms. The van der Waals surface area contributed by atoms with Crippen LogP contribution in [0.2, 0.25) is 0 Å². The molecule has 3 fully saturated rings. The van der Waals surface area contributed by atoms with E-state index in [1.807, 2.05) is 0 Å². The molecule has 0 radical (unpaired) electrons. The molecule has 4 rings (SSSR count). The van der Waals surface area contributed by atoms with Gasteiger partial charge in [0.25, 0.3) is 0 Å². The number of amides is 1. The first-order valence-electron chi connectivity index (χ1n) is 8.02. The molecule has 3 saturated heterocycles. The molecule has 0 aromatic heterocycles. The second kappa shape index (κ2) is 4.26. The lowest BCUT2D eigenvalue weighted by atomic mass is 9.79. The van der Waals surface area contributed by atoms with Gasteiger partial charge in [0.1, 0.15) is 6.17 Å². The number of carbonyl (C=O) groups excluding carboxylic acids is 1. The number of rotatable bonds is 0. The third-order valence-electron chi connectivity index (χ3n) is 5.56. The van der Waals surface area contributed by atoms with E-state index < -0.39 is 0 Å². The summed E-state index contributed by atoms with van der Waals surface area (Å²) in [6, 6.07) is 1.24. The van der Waals surface area contributed by atoms with Crippen LogP contribution in [0.1, 0.15) is 58.3 Å². The SMILES string of the molecule is C[C@H]1CC2=CCC[C@@H]3N4C(=O)CCC[C@@H]4C[C@@H](C1)N23. The summed E-state index contributed by atoms with van der Waals surface area (Å²) in [7, 11) is 0. The molecule has 3 nitrogen and oxygen atoms in total. The van der Waals surface area contributed by atoms with Gasteiger partial charge in [-0.2, -0.15) is 0 Å². The molecule has 0 aliphatic carbocycles. The first kappa shape index (κ1) is 11.8.